The third kappa shape index (κ3) is 3.41. The molecule has 158 valence electrons. The number of nitrogens with zero attached hydrogens (tertiary/aromatic N) is 1. The lowest BCUT2D eigenvalue weighted by atomic mass is 9.95. The number of hydrogen-bond donors (Lipinski definition) is 2. The summed E-state index contributed by atoms with van der Waals surface area (Å²) in [6, 6.07) is 7.56. The van der Waals surface area contributed by atoms with E-state index in [1.54, 1.807) is 14.0 Å². The Morgan fingerprint density at radius 2 is 1.93 bits per heavy atom. The topological polar surface area (TPSA) is 78.5 Å². The first kappa shape index (κ1) is 20.9. The van der Waals surface area contributed by atoms with Gasteiger partial charge in [-0.05, 0) is 57.2 Å². The third-order valence-corrected chi connectivity index (χ3v) is 8.19. The smallest absolute Gasteiger partial charge is 0.254 e. The van der Waals surface area contributed by atoms with Crippen LogP contribution in [0.3, 0.4) is 0 Å². The lowest BCUT2D eigenvalue weighted by Gasteiger charge is -2.36. The molecule has 6 nitrogen and oxygen atoms in total. The molecular formula is C22H25N3O3S2. The van der Waals surface area contributed by atoms with E-state index in [2.05, 4.69) is 10.6 Å². The Bertz CT molecular complexity index is 1030. The van der Waals surface area contributed by atoms with Gasteiger partial charge in [-0.15, -0.1) is 11.3 Å². The van der Waals surface area contributed by atoms with Gasteiger partial charge in [-0.1, -0.05) is 23.9 Å². The van der Waals surface area contributed by atoms with Gasteiger partial charge in [0.2, 0.25) is 0 Å². The molecule has 0 bridgehead atoms. The Hall–Kier alpha value is -2.32. The number of thiophene rings is 1. The van der Waals surface area contributed by atoms with Gasteiger partial charge in [-0.3, -0.25) is 14.4 Å². The maximum absolute atomic E-state index is 13.4. The number of carbonyl (C=O) groups excluding carboxylic acids is 3. The molecule has 1 aromatic carbocycles. The number of anilines is 2. The molecule has 1 aliphatic heterocycles. The van der Waals surface area contributed by atoms with E-state index in [9.17, 15) is 14.4 Å². The Morgan fingerprint density at radius 1 is 1.20 bits per heavy atom. The van der Waals surface area contributed by atoms with Crippen LogP contribution in [0.25, 0.3) is 0 Å². The standard InChI is InChI=1S/C22H25N3O3S2/c1-4-23-18(26)17-13-9-5-7-11-15(13)29-19(17)24-20(27)22(2)21(28)25(3)14-10-6-8-12-16(14)30-22/h6,8,10,12H,4-5,7,9,11H2,1-3H3,(H,23,26)(H,24,27). The van der Waals surface area contributed by atoms with Gasteiger partial charge in [0.15, 0.2) is 4.75 Å². The van der Waals surface area contributed by atoms with Gasteiger partial charge in [-0.2, -0.15) is 0 Å². The zero-order valence-corrected chi connectivity index (χ0v) is 19.0. The maximum atomic E-state index is 13.4. The van der Waals surface area contributed by atoms with Crippen LogP contribution in [-0.2, 0) is 22.4 Å². The predicted octanol–water partition coefficient (Wildman–Crippen LogP) is 3.84. The van der Waals surface area contributed by atoms with Crippen LogP contribution in [0.5, 0.6) is 0 Å². The summed E-state index contributed by atoms with van der Waals surface area (Å²) in [5.41, 5.74) is 2.41. The van der Waals surface area contributed by atoms with E-state index >= 15 is 0 Å². The van der Waals surface area contributed by atoms with E-state index in [1.165, 1.54) is 28.0 Å². The summed E-state index contributed by atoms with van der Waals surface area (Å²) in [5.74, 6) is -0.838. The molecule has 4 rings (SSSR count). The fraction of sp³-hybridized carbons (Fsp3) is 0.409. The van der Waals surface area contributed by atoms with Crippen molar-refractivity contribution in [1.29, 1.82) is 0 Å². The monoisotopic (exact) mass is 443 g/mol. The van der Waals surface area contributed by atoms with Crippen molar-refractivity contribution in [1.82, 2.24) is 5.32 Å². The SMILES string of the molecule is CCNC(=O)c1c(NC(=O)C2(C)Sc3ccccc3N(C)C2=O)sc2c1CCCC2. The van der Waals surface area contributed by atoms with Crippen molar-refractivity contribution in [2.24, 2.45) is 0 Å². The van der Waals surface area contributed by atoms with Crippen LogP contribution in [0.1, 0.15) is 47.5 Å². The van der Waals surface area contributed by atoms with Crippen LogP contribution in [0.15, 0.2) is 29.2 Å². The molecule has 1 atom stereocenters. The first-order valence-corrected chi connectivity index (χ1v) is 11.8. The maximum Gasteiger partial charge on any atom is 0.254 e. The van der Waals surface area contributed by atoms with E-state index in [0.717, 1.165) is 46.7 Å². The molecule has 0 spiro atoms. The fourth-order valence-corrected chi connectivity index (χ4v) is 6.57. The largest absolute Gasteiger partial charge is 0.352 e. The third-order valence-electron chi connectivity index (χ3n) is 5.65. The molecule has 0 fully saturated rings. The van der Waals surface area contributed by atoms with E-state index in [1.807, 2.05) is 31.2 Å². The van der Waals surface area contributed by atoms with Crippen LogP contribution < -0.4 is 15.5 Å². The van der Waals surface area contributed by atoms with Gasteiger partial charge in [0.05, 0.1) is 11.3 Å². The summed E-state index contributed by atoms with van der Waals surface area (Å²) in [4.78, 5) is 42.9. The summed E-state index contributed by atoms with van der Waals surface area (Å²) in [5, 5.41) is 6.37. The van der Waals surface area contributed by atoms with Crippen LogP contribution >= 0.6 is 23.1 Å². The number of rotatable bonds is 4. The lowest BCUT2D eigenvalue weighted by Crippen LogP contribution is -2.53. The summed E-state index contributed by atoms with van der Waals surface area (Å²) >= 11 is 2.73. The minimum absolute atomic E-state index is 0.164. The number of carbonyl (C=O) groups is 3. The zero-order chi connectivity index (χ0) is 21.5. The summed E-state index contributed by atoms with van der Waals surface area (Å²) in [6.07, 6.45) is 3.89. The number of hydrogen-bond acceptors (Lipinski definition) is 5. The zero-order valence-electron chi connectivity index (χ0n) is 17.3. The quantitative estimate of drug-likeness (QED) is 0.704. The highest BCUT2D eigenvalue weighted by Crippen LogP contribution is 2.46. The number of nitrogens with one attached hydrogen (secondary N) is 2. The number of para-hydroxylation sites is 1. The molecule has 2 aromatic rings. The second kappa shape index (κ2) is 8.07. The molecule has 1 unspecified atom stereocenters. The number of amides is 3. The van der Waals surface area contributed by atoms with E-state index in [-0.39, 0.29) is 11.8 Å². The van der Waals surface area contributed by atoms with Crippen molar-refractivity contribution in [2.45, 2.75) is 49.2 Å². The molecule has 3 amide bonds. The molecule has 1 aromatic heterocycles. The lowest BCUT2D eigenvalue weighted by molar-refractivity contribution is -0.128. The van der Waals surface area contributed by atoms with Crippen LogP contribution in [-0.4, -0.2) is 36.1 Å². The first-order chi connectivity index (χ1) is 14.4. The van der Waals surface area contributed by atoms with Gasteiger partial charge >= 0.3 is 0 Å². The molecule has 2 aliphatic rings. The highest BCUT2D eigenvalue weighted by atomic mass is 32.2. The summed E-state index contributed by atoms with van der Waals surface area (Å²) < 4.78 is -1.31. The Balaban J connectivity index is 1.68. The number of fused-ring (bicyclic) bond motifs is 2. The van der Waals surface area contributed by atoms with Crippen molar-refractivity contribution in [3.63, 3.8) is 0 Å². The molecule has 8 heteroatoms. The minimum Gasteiger partial charge on any atom is -0.352 e. The molecule has 0 saturated carbocycles. The van der Waals surface area contributed by atoms with Crippen LogP contribution in [0.2, 0.25) is 0 Å². The van der Waals surface area contributed by atoms with Crippen molar-refractivity contribution >= 4 is 51.5 Å². The number of thioether (sulfide) groups is 1. The summed E-state index contributed by atoms with van der Waals surface area (Å²) in [6.45, 7) is 4.05. The van der Waals surface area contributed by atoms with Crippen LogP contribution in [0.4, 0.5) is 10.7 Å². The van der Waals surface area contributed by atoms with Gasteiger partial charge in [0, 0.05) is 23.4 Å². The normalized spacial score (nSPS) is 20.4. The number of aryl methyl sites for hydroxylation is 1. The fourth-order valence-electron chi connectivity index (χ4n) is 4.02. The first-order valence-electron chi connectivity index (χ1n) is 10.2. The molecule has 0 radical (unpaired) electrons. The minimum atomic E-state index is -1.31. The van der Waals surface area contributed by atoms with Crippen molar-refractivity contribution < 1.29 is 14.4 Å². The van der Waals surface area contributed by atoms with Gasteiger partial charge in [-0.25, -0.2) is 0 Å². The Labute approximate surface area is 184 Å². The predicted molar refractivity (Wildman–Crippen MR) is 122 cm³/mol. The highest BCUT2D eigenvalue weighted by Gasteiger charge is 2.48. The average molecular weight is 444 g/mol. The average Bonchev–Trinajstić information content (AvgIpc) is 3.10. The molecule has 30 heavy (non-hydrogen) atoms. The van der Waals surface area contributed by atoms with Crippen molar-refractivity contribution in [3.8, 4) is 0 Å². The van der Waals surface area contributed by atoms with Gasteiger partial charge < -0.3 is 15.5 Å². The second-order valence-corrected chi connectivity index (χ2v) is 10.3. The van der Waals surface area contributed by atoms with Gasteiger partial charge in [0.25, 0.3) is 17.7 Å². The molecule has 0 saturated heterocycles. The van der Waals surface area contributed by atoms with Gasteiger partial charge in [0.1, 0.15) is 5.00 Å². The molecular weight excluding hydrogens is 418 g/mol. The van der Waals surface area contributed by atoms with Crippen LogP contribution in [0, 0.1) is 0 Å². The molecule has 2 heterocycles. The van der Waals surface area contributed by atoms with E-state index in [0.29, 0.717) is 17.1 Å². The Kier molecular flexibility index (Phi) is 5.63. The van der Waals surface area contributed by atoms with E-state index < -0.39 is 10.7 Å². The number of benzene rings is 1. The summed E-state index contributed by atoms with van der Waals surface area (Å²) in [7, 11) is 1.69. The van der Waals surface area contributed by atoms with Crippen molar-refractivity contribution in [3.05, 3.63) is 40.3 Å². The second-order valence-electron chi connectivity index (χ2n) is 7.70. The molecule has 1 aliphatic carbocycles. The van der Waals surface area contributed by atoms with Crippen molar-refractivity contribution in [2.75, 3.05) is 23.8 Å². The molecule has 2 N–H and O–H groups in total. The van der Waals surface area contributed by atoms with E-state index in [4.69, 9.17) is 0 Å². The Morgan fingerprint density at radius 3 is 2.70 bits per heavy atom. The highest BCUT2D eigenvalue weighted by molar-refractivity contribution is 8.02.